The Morgan fingerprint density at radius 3 is 1.77 bits per heavy atom. The summed E-state index contributed by atoms with van der Waals surface area (Å²) in [6, 6.07) is 0. The van der Waals surface area contributed by atoms with Crippen molar-refractivity contribution < 1.29 is 4.79 Å². The van der Waals surface area contributed by atoms with Crippen molar-refractivity contribution in [2.24, 2.45) is 0 Å². The molecule has 0 aromatic heterocycles. The largest absolute Gasteiger partial charge is 0.332 e. The molecule has 0 atom stereocenters. The van der Waals surface area contributed by atoms with Crippen molar-refractivity contribution in [3.05, 3.63) is 6.92 Å². The number of rotatable bonds is 0. The molecule has 0 bridgehead atoms. The maximum Gasteiger partial charge on any atom is 0.223 e. The maximum atomic E-state index is 11.4. The first-order chi connectivity index (χ1) is 5.77. The van der Waals surface area contributed by atoms with E-state index in [1.165, 1.54) is 6.42 Å². The molecule has 75 valence electrons. The Morgan fingerprint density at radius 2 is 1.54 bits per heavy atom. The van der Waals surface area contributed by atoms with Crippen LogP contribution >= 0.6 is 0 Å². The van der Waals surface area contributed by atoms with Crippen molar-refractivity contribution in [2.45, 2.75) is 58.0 Å². The molecule has 1 rings (SSSR count). The minimum atomic E-state index is -0.0466. The van der Waals surface area contributed by atoms with Crippen molar-refractivity contribution in [1.82, 2.24) is 4.90 Å². The quantitative estimate of drug-likeness (QED) is 0.563. The lowest BCUT2D eigenvalue weighted by Crippen LogP contribution is -2.60. The van der Waals surface area contributed by atoms with E-state index in [0.717, 1.165) is 12.8 Å². The second-order valence-corrected chi connectivity index (χ2v) is 5.21. The number of hydrogen-bond donors (Lipinski definition) is 0. The molecule has 2 nitrogen and oxygen atoms in total. The first kappa shape index (κ1) is 10.6. The molecule has 0 unspecified atom stereocenters. The van der Waals surface area contributed by atoms with Crippen LogP contribution in [-0.4, -0.2) is 21.9 Å². The molecule has 0 aromatic rings. The third-order valence-corrected chi connectivity index (χ3v) is 3.04. The normalized spacial score (nSPS) is 25.8. The number of carbonyl (C=O) groups is 1. The Morgan fingerprint density at radius 1 is 1.15 bits per heavy atom. The van der Waals surface area contributed by atoms with E-state index < -0.39 is 0 Å². The molecule has 2 heteroatoms. The highest BCUT2D eigenvalue weighted by atomic mass is 16.2. The zero-order valence-corrected chi connectivity index (χ0v) is 9.18. The summed E-state index contributed by atoms with van der Waals surface area (Å²) >= 11 is 0. The minimum absolute atomic E-state index is 0.0272. The van der Waals surface area contributed by atoms with Crippen LogP contribution in [0.3, 0.4) is 0 Å². The van der Waals surface area contributed by atoms with Gasteiger partial charge in [-0.25, -0.2) is 0 Å². The Bertz CT molecular complexity index is 202. The van der Waals surface area contributed by atoms with Gasteiger partial charge in [0.2, 0.25) is 5.91 Å². The molecule has 0 saturated carbocycles. The third kappa shape index (κ3) is 1.87. The van der Waals surface area contributed by atoms with Crippen molar-refractivity contribution >= 4 is 5.91 Å². The average molecular weight is 182 g/mol. The van der Waals surface area contributed by atoms with E-state index >= 15 is 0 Å². The number of piperidine rings is 1. The van der Waals surface area contributed by atoms with Crippen LogP contribution in [-0.2, 0) is 4.79 Å². The third-order valence-electron chi connectivity index (χ3n) is 3.04. The second-order valence-electron chi connectivity index (χ2n) is 5.21. The number of hydrogen-bond acceptors (Lipinski definition) is 1. The predicted molar refractivity (Wildman–Crippen MR) is 54.2 cm³/mol. The second kappa shape index (κ2) is 3.00. The van der Waals surface area contributed by atoms with E-state index in [4.69, 9.17) is 0 Å². The lowest BCUT2D eigenvalue weighted by atomic mass is 9.80. The van der Waals surface area contributed by atoms with E-state index in [0.29, 0.717) is 0 Å². The van der Waals surface area contributed by atoms with Crippen LogP contribution in [0.1, 0.15) is 47.0 Å². The zero-order chi connectivity index (χ0) is 10.3. The van der Waals surface area contributed by atoms with Gasteiger partial charge in [0.05, 0.1) is 0 Å². The molecule has 0 aromatic carbocycles. The van der Waals surface area contributed by atoms with Crippen LogP contribution in [0.4, 0.5) is 0 Å². The van der Waals surface area contributed by atoms with Crippen molar-refractivity contribution in [3.63, 3.8) is 0 Å². The topological polar surface area (TPSA) is 20.3 Å². The summed E-state index contributed by atoms with van der Waals surface area (Å²) in [6.07, 6.45) is 3.36. The Labute approximate surface area is 81.3 Å². The van der Waals surface area contributed by atoms with Crippen LogP contribution in [0.5, 0.6) is 0 Å². The molecule has 0 spiro atoms. The summed E-state index contributed by atoms with van der Waals surface area (Å²) in [5.74, 6) is -0.0466. The number of amides is 1. The van der Waals surface area contributed by atoms with Gasteiger partial charge >= 0.3 is 0 Å². The fourth-order valence-corrected chi connectivity index (χ4v) is 2.67. The van der Waals surface area contributed by atoms with Crippen LogP contribution in [0.15, 0.2) is 0 Å². The van der Waals surface area contributed by atoms with Gasteiger partial charge in [-0.1, -0.05) is 0 Å². The smallest absolute Gasteiger partial charge is 0.223 e. The summed E-state index contributed by atoms with van der Waals surface area (Å²) in [5.41, 5.74) is -0.0544. The standard InChI is InChI=1S/C11H20NO/c1-9(13)12-10(2,3)7-6-8-11(12,4)5/h1,6-8H2,2-5H3. The van der Waals surface area contributed by atoms with Crippen LogP contribution in [0.2, 0.25) is 0 Å². The Kier molecular flexibility index (Phi) is 2.44. The molecule has 0 aliphatic carbocycles. The van der Waals surface area contributed by atoms with Crippen molar-refractivity contribution in [2.75, 3.05) is 0 Å². The molecule has 0 N–H and O–H groups in total. The molecule has 1 aliphatic heterocycles. The van der Waals surface area contributed by atoms with Gasteiger partial charge in [0, 0.05) is 18.0 Å². The van der Waals surface area contributed by atoms with E-state index in [1.54, 1.807) is 0 Å². The van der Waals surface area contributed by atoms with E-state index in [-0.39, 0.29) is 17.0 Å². The molecule has 1 heterocycles. The van der Waals surface area contributed by atoms with Gasteiger partial charge in [0.1, 0.15) is 0 Å². The summed E-state index contributed by atoms with van der Waals surface area (Å²) in [5, 5.41) is 0. The zero-order valence-electron chi connectivity index (χ0n) is 9.18. The SMILES string of the molecule is [CH2]C(=O)N1C(C)(C)CCCC1(C)C. The van der Waals surface area contributed by atoms with Crippen LogP contribution < -0.4 is 0 Å². The Balaban J connectivity index is 2.98. The van der Waals surface area contributed by atoms with Crippen LogP contribution in [0.25, 0.3) is 0 Å². The van der Waals surface area contributed by atoms with E-state index in [2.05, 4.69) is 34.6 Å². The summed E-state index contributed by atoms with van der Waals surface area (Å²) in [7, 11) is 0. The van der Waals surface area contributed by atoms with Crippen molar-refractivity contribution in [3.8, 4) is 0 Å². The lowest BCUT2D eigenvalue weighted by Gasteiger charge is -2.52. The predicted octanol–water partition coefficient (Wildman–Crippen LogP) is 2.39. The molecule has 13 heavy (non-hydrogen) atoms. The van der Waals surface area contributed by atoms with Gasteiger partial charge in [-0.2, -0.15) is 0 Å². The molecule has 1 aliphatic rings. The highest BCUT2D eigenvalue weighted by Gasteiger charge is 2.42. The Hall–Kier alpha value is -0.530. The summed E-state index contributed by atoms with van der Waals surface area (Å²) in [4.78, 5) is 13.4. The van der Waals surface area contributed by atoms with Gasteiger partial charge < -0.3 is 4.90 Å². The number of likely N-dealkylation sites (tertiary alicyclic amines) is 1. The first-order valence-electron chi connectivity index (χ1n) is 4.94. The molecule has 1 saturated heterocycles. The van der Waals surface area contributed by atoms with E-state index in [9.17, 15) is 4.79 Å². The molecule has 1 fully saturated rings. The average Bonchev–Trinajstić information content (AvgIpc) is 1.79. The molecule has 1 radical (unpaired) electrons. The van der Waals surface area contributed by atoms with Crippen molar-refractivity contribution in [1.29, 1.82) is 0 Å². The minimum Gasteiger partial charge on any atom is -0.332 e. The fraction of sp³-hybridized carbons (Fsp3) is 0.818. The molecule has 1 amide bonds. The highest BCUT2D eigenvalue weighted by molar-refractivity contribution is 5.81. The number of nitrogens with zero attached hydrogens (tertiary/aromatic N) is 1. The summed E-state index contributed by atoms with van der Waals surface area (Å²) < 4.78 is 0. The molecular formula is C11H20NO. The number of carbonyl (C=O) groups excluding carboxylic acids is 1. The maximum absolute atomic E-state index is 11.4. The monoisotopic (exact) mass is 182 g/mol. The molecular weight excluding hydrogens is 162 g/mol. The van der Waals surface area contributed by atoms with Gasteiger partial charge in [0.15, 0.2) is 0 Å². The first-order valence-corrected chi connectivity index (χ1v) is 4.94. The fourth-order valence-electron chi connectivity index (χ4n) is 2.67. The lowest BCUT2D eigenvalue weighted by molar-refractivity contribution is -0.143. The highest BCUT2D eigenvalue weighted by Crippen LogP contribution is 2.37. The van der Waals surface area contributed by atoms with Crippen LogP contribution in [0, 0.1) is 6.92 Å². The van der Waals surface area contributed by atoms with Gasteiger partial charge in [0.25, 0.3) is 0 Å². The van der Waals surface area contributed by atoms with E-state index in [1.807, 2.05) is 4.90 Å². The van der Waals surface area contributed by atoms with Gasteiger partial charge in [-0.3, -0.25) is 4.79 Å². The van der Waals surface area contributed by atoms with Gasteiger partial charge in [-0.05, 0) is 47.0 Å². The van der Waals surface area contributed by atoms with Gasteiger partial charge in [-0.15, -0.1) is 0 Å². The summed E-state index contributed by atoms with van der Waals surface area (Å²) in [6.45, 7) is 12.0.